The molecule has 0 N–H and O–H groups in total. The molecule has 0 heterocycles. The van der Waals surface area contributed by atoms with E-state index in [1.165, 1.54) is 11.0 Å². The Morgan fingerprint density at radius 2 is 1.79 bits per heavy atom. The van der Waals surface area contributed by atoms with Crippen LogP contribution in [0.15, 0.2) is 65.1 Å². The van der Waals surface area contributed by atoms with Crippen LogP contribution in [0.1, 0.15) is 12.5 Å². The summed E-state index contributed by atoms with van der Waals surface area (Å²) in [6, 6.07) is 16.0. The van der Waals surface area contributed by atoms with Crippen LogP contribution < -0.4 is 4.90 Å². The lowest BCUT2D eigenvalue weighted by Gasteiger charge is -2.21. The second kappa shape index (κ2) is 11.0. The second-order valence-electron chi connectivity index (χ2n) is 5.62. The number of para-hydroxylation sites is 1. The molecule has 2 aromatic rings. The van der Waals surface area contributed by atoms with Crippen molar-refractivity contribution < 1.29 is 23.9 Å². The number of hydrogen-bond acceptors (Lipinski definition) is 5. The number of nitrogens with zero attached hydrogens (tertiary/aromatic N) is 1. The average Bonchev–Trinajstić information content (AvgIpc) is 2.69. The molecule has 0 aromatic heterocycles. The van der Waals surface area contributed by atoms with Crippen molar-refractivity contribution in [3.05, 3.63) is 70.7 Å². The van der Waals surface area contributed by atoms with Crippen LogP contribution >= 0.6 is 15.9 Å². The molecule has 0 unspecified atom stereocenters. The Labute approximate surface area is 171 Å². The maximum atomic E-state index is 12.5. The van der Waals surface area contributed by atoms with Crippen molar-refractivity contribution in [2.24, 2.45) is 0 Å². The molecule has 0 aliphatic rings. The zero-order chi connectivity index (χ0) is 20.4. The highest BCUT2D eigenvalue weighted by Crippen LogP contribution is 2.14. The topological polar surface area (TPSA) is 72.9 Å². The Balaban J connectivity index is 1.98. The summed E-state index contributed by atoms with van der Waals surface area (Å²) in [5.41, 5.74) is 1.33. The van der Waals surface area contributed by atoms with Gasteiger partial charge in [-0.1, -0.05) is 46.3 Å². The maximum absolute atomic E-state index is 12.5. The van der Waals surface area contributed by atoms with E-state index in [-0.39, 0.29) is 13.2 Å². The van der Waals surface area contributed by atoms with E-state index in [9.17, 15) is 14.4 Å². The Morgan fingerprint density at radius 1 is 1.04 bits per heavy atom. The van der Waals surface area contributed by atoms with Gasteiger partial charge in [0.15, 0.2) is 6.61 Å². The molecule has 2 rings (SSSR count). The van der Waals surface area contributed by atoms with E-state index in [4.69, 9.17) is 9.47 Å². The molecule has 146 valence electrons. The van der Waals surface area contributed by atoms with Crippen LogP contribution in [-0.4, -0.2) is 37.6 Å². The Hall–Kier alpha value is -2.93. The highest BCUT2D eigenvalue weighted by atomic mass is 79.9. The monoisotopic (exact) mass is 445 g/mol. The molecule has 6 nitrogen and oxygen atoms in total. The fourth-order valence-corrected chi connectivity index (χ4v) is 2.72. The first-order valence-corrected chi connectivity index (χ1v) is 9.40. The zero-order valence-electron chi connectivity index (χ0n) is 15.3. The summed E-state index contributed by atoms with van der Waals surface area (Å²) in [5, 5.41) is 0. The fourth-order valence-electron chi connectivity index (χ4n) is 2.30. The minimum absolute atomic E-state index is 0.213. The first-order chi connectivity index (χ1) is 13.5. The van der Waals surface area contributed by atoms with Crippen LogP contribution in [0.25, 0.3) is 6.08 Å². The molecule has 0 aliphatic carbocycles. The number of halogens is 1. The number of carbonyl (C=O) groups excluding carboxylic acids is 3. The van der Waals surface area contributed by atoms with Gasteiger partial charge in [0, 0.05) is 16.2 Å². The van der Waals surface area contributed by atoms with Crippen LogP contribution in [0.4, 0.5) is 5.69 Å². The minimum atomic E-state index is -0.655. The third-order valence-electron chi connectivity index (χ3n) is 3.56. The van der Waals surface area contributed by atoms with Gasteiger partial charge in [0.1, 0.15) is 6.54 Å². The molecule has 0 saturated heterocycles. The number of amides is 1. The first-order valence-electron chi connectivity index (χ1n) is 8.61. The lowest BCUT2D eigenvalue weighted by molar-refractivity contribution is -0.144. The van der Waals surface area contributed by atoms with E-state index in [1.54, 1.807) is 43.3 Å². The molecular formula is C21H20BrNO5. The zero-order valence-corrected chi connectivity index (χ0v) is 16.9. The third kappa shape index (κ3) is 7.00. The number of ether oxygens (including phenoxy) is 2. The molecule has 0 radical (unpaired) electrons. The largest absolute Gasteiger partial charge is 0.465 e. The SMILES string of the molecule is CCOC(=O)CN(C(=O)COC(=O)/C=C/c1cccc(Br)c1)c1ccccc1. The fraction of sp³-hybridized carbons (Fsp3) is 0.190. The summed E-state index contributed by atoms with van der Waals surface area (Å²) >= 11 is 3.35. The quantitative estimate of drug-likeness (QED) is 0.458. The van der Waals surface area contributed by atoms with E-state index >= 15 is 0 Å². The van der Waals surface area contributed by atoms with E-state index < -0.39 is 24.5 Å². The summed E-state index contributed by atoms with van der Waals surface area (Å²) in [6.07, 6.45) is 2.83. The van der Waals surface area contributed by atoms with Crippen LogP contribution in [0.2, 0.25) is 0 Å². The molecule has 1 amide bonds. The van der Waals surface area contributed by atoms with Crippen molar-refractivity contribution in [2.45, 2.75) is 6.92 Å². The van der Waals surface area contributed by atoms with Crippen LogP contribution in [0.5, 0.6) is 0 Å². The second-order valence-corrected chi connectivity index (χ2v) is 6.53. The lowest BCUT2D eigenvalue weighted by atomic mass is 10.2. The number of benzene rings is 2. The number of hydrogen-bond donors (Lipinski definition) is 0. The molecule has 0 atom stereocenters. The number of anilines is 1. The Kier molecular flexibility index (Phi) is 8.42. The number of rotatable bonds is 8. The normalized spacial score (nSPS) is 10.5. The van der Waals surface area contributed by atoms with Gasteiger partial charge in [0.25, 0.3) is 5.91 Å². The molecule has 2 aromatic carbocycles. The van der Waals surface area contributed by atoms with Gasteiger partial charge in [-0.05, 0) is 42.8 Å². The van der Waals surface area contributed by atoms with Crippen molar-refractivity contribution in [2.75, 3.05) is 24.7 Å². The van der Waals surface area contributed by atoms with Gasteiger partial charge in [-0.3, -0.25) is 14.5 Å². The Morgan fingerprint density at radius 3 is 2.46 bits per heavy atom. The summed E-state index contributed by atoms with van der Waals surface area (Å²) in [4.78, 5) is 37.5. The number of esters is 2. The van der Waals surface area contributed by atoms with E-state index in [0.717, 1.165) is 10.0 Å². The van der Waals surface area contributed by atoms with Crippen molar-refractivity contribution in [3.8, 4) is 0 Å². The predicted octanol–water partition coefficient (Wildman–Crippen LogP) is 3.60. The Bertz CT molecular complexity index is 851. The molecule has 28 heavy (non-hydrogen) atoms. The van der Waals surface area contributed by atoms with Gasteiger partial charge < -0.3 is 9.47 Å². The van der Waals surface area contributed by atoms with Crippen LogP contribution in [0, 0.1) is 0 Å². The highest BCUT2D eigenvalue weighted by Gasteiger charge is 2.20. The van der Waals surface area contributed by atoms with E-state index in [0.29, 0.717) is 5.69 Å². The predicted molar refractivity (Wildman–Crippen MR) is 110 cm³/mol. The molecule has 0 saturated carbocycles. The molecule has 0 fully saturated rings. The molecule has 7 heteroatoms. The third-order valence-corrected chi connectivity index (χ3v) is 4.05. The summed E-state index contributed by atoms with van der Waals surface area (Å²) in [6.45, 7) is 1.15. The van der Waals surface area contributed by atoms with E-state index in [2.05, 4.69) is 15.9 Å². The van der Waals surface area contributed by atoms with Gasteiger partial charge in [-0.2, -0.15) is 0 Å². The standard InChI is InChI=1S/C21H20BrNO5/c1-2-27-21(26)14-23(18-9-4-3-5-10-18)19(24)15-28-20(25)12-11-16-7-6-8-17(22)13-16/h3-13H,2,14-15H2,1H3/b12-11+. The van der Waals surface area contributed by atoms with Gasteiger partial charge in [-0.15, -0.1) is 0 Å². The van der Waals surface area contributed by atoms with Gasteiger partial charge in [0.05, 0.1) is 6.61 Å². The average molecular weight is 446 g/mol. The first kappa shape index (κ1) is 21.4. The van der Waals surface area contributed by atoms with Gasteiger partial charge >= 0.3 is 11.9 Å². The van der Waals surface area contributed by atoms with E-state index in [1.807, 2.05) is 24.3 Å². The van der Waals surface area contributed by atoms with Gasteiger partial charge in [-0.25, -0.2) is 4.79 Å². The van der Waals surface area contributed by atoms with Crippen molar-refractivity contribution in [1.82, 2.24) is 0 Å². The minimum Gasteiger partial charge on any atom is -0.465 e. The summed E-state index contributed by atoms with van der Waals surface area (Å²) in [5.74, 6) is -1.72. The molecule has 0 bridgehead atoms. The van der Waals surface area contributed by atoms with Crippen molar-refractivity contribution >= 4 is 45.5 Å². The molecular weight excluding hydrogens is 426 g/mol. The van der Waals surface area contributed by atoms with Crippen molar-refractivity contribution in [1.29, 1.82) is 0 Å². The summed E-state index contributed by atoms with van der Waals surface area (Å²) < 4.78 is 10.8. The number of carbonyl (C=O) groups is 3. The highest BCUT2D eigenvalue weighted by molar-refractivity contribution is 9.10. The van der Waals surface area contributed by atoms with Gasteiger partial charge in [0.2, 0.25) is 0 Å². The molecule has 0 aliphatic heterocycles. The van der Waals surface area contributed by atoms with Crippen LogP contribution in [0.3, 0.4) is 0 Å². The summed E-state index contributed by atoms with van der Waals surface area (Å²) in [7, 11) is 0. The van der Waals surface area contributed by atoms with Crippen molar-refractivity contribution in [3.63, 3.8) is 0 Å². The van der Waals surface area contributed by atoms with Crippen LogP contribution in [-0.2, 0) is 23.9 Å². The lowest BCUT2D eigenvalue weighted by Crippen LogP contribution is -2.39. The maximum Gasteiger partial charge on any atom is 0.331 e. The smallest absolute Gasteiger partial charge is 0.331 e. The molecule has 0 spiro atoms.